The molecule has 1 aliphatic rings. The number of carbonyl (C=O) groups excluding carboxylic acids is 1. The second-order valence-corrected chi connectivity index (χ2v) is 5.25. The van der Waals surface area contributed by atoms with Gasteiger partial charge in [0.15, 0.2) is 0 Å². The van der Waals surface area contributed by atoms with Gasteiger partial charge in [0.25, 0.3) is 0 Å². The van der Waals surface area contributed by atoms with Crippen molar-refractivity contribution < 1.29 is 9.90 Å². The molecule has 104 valence electrons. The zero-order chi connectivity index (χ0) is 14.0. The molecule has 1 saturated carbocycles. The van der Waals surface area contributed by atoms with Crippen molar-refractivity contribution in [2.75, 3.05) is 11.4 Å². The lowest BCUT2D eigenvalue weighted by molar-refractivity contribution is -0.122. The molecule has 1 aliphatic carbocycles. The Balaban J connectivity index is 2.28. The molecule has 0 aromatic heterocycles. The van der Waals surface area contributed by atoms with E-state index in [0.29, 0.717) is 6.54 Å². The number of hydrogen-bond acceptors (Lipinski definition) is 3. The molecule has 0 radical (unpaired) electrons. The third-order valence-electron chi connectivity index (χ3n) is 3.95. The molecular weight excluding hydrogens is 240 g/mol. The molecule has 1 aromatic carbocycles. The van der Waals surface area contributed by atoms with Crippen LogP contribution >= 0.6 is 0 Å². The van der Waals surface area contributed by atoms with Gasteiger partial charge in [0.05, 0.1) is 11.6 Å². The van der Waals surface area contributed by atoms with Crippen molar-refractivity contribution in [3.8, 4) is 5.75 Å². The lowest BCUT2D eigenvalue weighted by Gasteiger charge is -2.27. The molecule has 1 amide bonds. The fourth-order valence-corrected chi connectivity index (χ4v) is 2.83. The minimum atomic E-state index is -0.0818. The Morgan fingerprint density at radius 3 is 2.79 bits per heavy atom. The highest BCUT2D eigenvalue weighted by Crippen LogP contribution is 2.30. The van der Waals surface area contributed by atoms with Crippen molar-refractivity contribution in [2.45, 2.75) is 39.2 Å². The number of nitrogens with zero attached hydrogens (tertiary/aromatic N) is 1. The molecule has 2 atom stereocenters. The first-order valence-corrected chi connectivity index (χ1v) is 6.91. The highest BCUT2D eigenvalue weighted by molar-refractivity contribution is 5.96. The summed E-state index contributed by atoms with van der Waals surface area (Å²) in [6.07, 6.45) is 2.81. The van der Waals surface area contributed by atoms with Crippen LogP contribution in [-0.4, -0.2) is 23.6 Å². The van der Waals surface area contributed by atoms with Gasteiger partial charge >= 0.3 is 0 Å². The van der Waals surface area contributed by atoms with Gasteiger partial charge < -0.3 is 15.7 Å². The Bertz CT molecular complexity index is 473. The van der Waals surface area contributed by atoms with Crippen molar-refractivity contribution in [2.24, 2.45) is 11.7 Å². The minimum Gasteiger partial charge on any atom is -0.508 e. The Morgan fingerprint density at radius 1 is 1.47 bits per heavy atom. The molecule has 4 nitrogen and oxygen atoms in total. The first-order valence-electron chi connectivity index (χ1n) is 6.91. The number of benzene rings is 1. The topological polar surface area (TPSA) is 66.6 Å². The van der Waals surface area contributed by atoms with Gasteiger partial charge in [0.2, 0.25) is 5.91 Å². The van der Waals surface area contributed by atoms with Gasteiger partial charge in [-0.3, -0.25) is 4.79 Å². The Hall–Kier alpha value is -1.55. The zero-order valence-electron chi connectivity index (χ0n) is 11.6. The van der Waals surface area contributed by atoms with Gasteiger partial charge in [0, 0.05) is 18.7 Å². The standard InChI is InChI=1S/C15H22N2O2/c1-3-17(14-9-11(18)8-7-10(14)2)15(19)12-5-4-6-13(12)16/h7-9,12-13,18H,3-6,16H2,1-2H3. The summed E-state index contributed by atoms with van der Waals surface area (Å²) < 4.78 is 0. The second kappa shape index (κ2) is 5.61. The van der Waals surface area contributed by atoms with Gasteiger partial charge in [0.1, 0.15) is 5.75 Å². The average Bonchev–Trinajstić information content (AvgIpc) is 2.80. The molecule has 0 aliphatic heterocycles. The van der Waals surface area contributed by atoms with Crippen LogP contribution in [-0.2, 0) is 4.79 Å². The first-order chi connectivity index (χ1) is 9.04. The van der Waals surface area contributed by atoms with Crippen LogP contribution in [0.5, 0.6) is 5.75 Å². The second-order valence-electron chi connectivity index (χ2n) is 5.25. The Labute approximate surface area is 114 Å². The van der Waals surface area contributed by atoms with E-state index < -0.39 is 0 Å². The third-order valence-corrected chi connectivity index (χ3v) is 3.95. The van der Waals surface area contributed by atoms with E-state index in [0.717, 1.165) is 30.5 Å². The van der Waals surface area contributed by atoms with Gasteiger partial charge in [-0.15, -0.1) is 0 Å². The minimum absolute atomic E-state index is 0.0286. The van der Waals surface area contributed by atoms with Crippen molar-refractivity contribution in [3.63, 3.8) is 0 Å². The lowest BCUT2D eigenvalue weighted by Crippen LogP contribution is -2.42. The van der Waals surface area contributed by atoms with E-state index in [4.69, 9.17) is 5.73 Å². The van der Waals surface area contributed by atoms with Gasteiger partial charge in [-0.05, 0) is 38.3 Å². The fraction of sp³-hybridized carbons (Fsp3) is 0.533. The van der Waals surface area contributed by atoms with E-state index in [1.807, 2.05) is 19.9 Å². The fourth-order valence-electron chi connectivity index (χ4n) is 2.83. The van der Waals surface area contributed by atoms with Crippen LogP contribution in [0, 0.1) is 12.8 Å². The van der Waals surface area contributed by atoms with E-state index in [1.165, 1.54) is 0 Å². The number of aryl methyl sites for hydroxylation is 1. The summed E-state index contributed by atoms with van der Waals surface area (Å²) >= 11 is 0. The maximum atomic E-state index is 12.6. The van der Waals surface area contributed by atoms with Crippen LogP contribution < -0.4 is 10.6 Å². The number of rotatable bonds is 3. The van der Waals surface area contributed by atoms with E-state index in [9.17, 15) is 9.90 Å². The Morgan fingerprint density at radius 2 is 2.21 bits per heavy atom. The number of hydrogen-bond donors (Lipinski definition) is 2. The maximum absolute atomic E-state index is 12.6. The van der Waals surface area contributed by atoms with Crippen LogP contribution in [0.15, 0.2) is 18.2 Å². The molecule has 19 heavy (non-hydrogen) atoms. The van der Waals surface area contributed by atoms with E-state index in [2.05, 4.69) is 0 Å². The summed E-state index contributed by atoms with van der Waals surface area (Å²) in [7, 11) is 0. The molecule has 4 heteroatoms. The largest absolute Gasteiger partial charge is 0.508 e. The molecule has 0 spiro atoms. The number of nitrogens with two attached hydrogens (primary N) is 1. The van der Waals surface area contributed by atoms with Crippen molar-refractivity contribution in [1.82, 2.24) is 0 Å². The van der Waals surface area contributed by atoms with Crippen LogP contribution in [0.25, 0.3) is 0 Å². The predicted molar refractivity (Wildman–Crippen MR) is 76.2 cm³/mol. The summed E-state index contributed by atoms with van der Waals surface area (Å²) in [5.74, 6) is 0.186. The summed E-state index contributed by atoms with van der Waals surface area (Å²) in [5, 5.41) is 9.62. The quantitative estimate of drug-likeness (QED) is 0.877. The van der Waals surface area contributed by atoms with Crippen molar-refractivity contribution in [1.29, 1.82) is 0 Å². The van der Waals surface area contributed by atoms with Crippen LogP contribution in [0.2, 0.25) is 0 Å². The molecule has 2 rings (SSSR count). The summed E-state index contributed by atoms with van der Waals surface area (Å²) in [6.45, 7) is 4.48. The molecule has 2 unspecified atom stereocenters. The monoisotopic (exact) mass is 262 g/mol. The lowest BCUT2D eigenvalue weighted by atomic mass is 10.0. The number of anilines is 1. The number of phenolic OH excluding ortho intramolecular Hbond substituents is 1. The molecule has 1 fully saturated rings. The van der Waals surface area contributed by atoms with Gasteiger partial charge in [-0.2, -0.15) is 0 Å². The average molecular weight is 262 g/mol. The summed E-state index contributed by atoms with van der Waals surface area (Å²) in [4.78, 5) is 14.4. The van der Waals surface area contributed by atoms with Crippen LogP contribution in [0.4, 0.5) is 5.69 Å². The van der Waals surface area contributed by atoms with Gasteiger partial charge in [-0.1, -0.05) is 12.5 Å². The SMILES string of the molecule is CCN(C(=O)C1CCCC1N)c1cc(O)ccc1C. The molecule has 0 bridgehead atoms. The van der Waals surface area contributed by atoms with E-state index in [-0.39, 0.29) is 23.6 Å². The highest BCUT2D eigenvalue weighted by atomic mass is 16.3. The predicted octanol–water partition coefficient (Wildman–Crippen LogP) is 2.18. The van der Waals surface area contributed by atoms with Crippen LogP contribution in [0.3, 0.4) is 0 Å². The number of amides is 1. The molecule has 0 heterocycles. The van der Waals surface area contributed by atoms with Crippen LogP contribution in [0.1, 0.15) is 31.7 Å². The zero-order valence-corrected chi connectivity index (χ0v) is 11.6. The number of carbonyl (C=O) groups is 1. The van der Waals surface area contributed by atoms with E-state index in [1.54, 1.807) is 17.0 Å². The third kappa shape index (κ3) is 2.73. The number of phenols is 1. The first kappa shape index (κ1) is 13.9. The van der Waals surface area contributed by atoms with Crippen molar-refractivity contribution in [3.05, 3.63) is 23.8 Å². The molecular formula is C15H22N2O2. The highest BCUT2D eigenvalue weighted by Gasteiger charge is 2.33. The molecule has 1 aromatic rings. The molecule has 3 N–H and O–H groups in total. The van der Waals surface area contributed by atoms with E-state index >= 15 is 0 Å². The number of aromatic hydroxyl groups is 1. The Kier molecular flexibility index (Phi) is 4.10. The van der Waals surface area contributed by atoms with Crippen molar-refractivity contribution >= 4 is 11.6 Å². The smallest absolute Gasteiger partial charge is 0.231 e. The van der Waals surface area contributed by atoms with Gasteiger partial charge in [-0.25, -0.2) is 0 Å². The maximum Gasteiger partial charge on any atom is 0.231 e. The normalized spacial score (nSPS) is 22.5. The molecule has 0 saturated heterocycles. The summed E-state index contributed by atoms with van der Waals surface area (Å²) in [5.41, 5.74) is 7.79. The summed E-state index contributed by atoms with van der Waals surface area (Å²) in [6, 6.07) is 5.09.